The molecule has 0 bridgehead atoms. The maximum atomic E-state index is 15.5. The Morgan fingerprint density at radius 1 is 0.246 bits per heavy atom. The van der Waals surface area contributed by atoms with E-state index in [2.05, 4.69) is 0 Å². The van der Waals surface area contributed by atoms with Crippen molar-refractivity contribution in [3.05, 3.63) is 134 Å². The van der Waals surface area contributed by atoms with Gasteiger partial charge in [-0.15, -0.1) is 0 Å². The molecule has 5 heterocycles. The second kappa shape index (κ2) is 32.9. The number of ether oxygens (including phenoxy) is 13. The number of hydrogen-bond acceptors (Lipinski definition) is 52. The first kappa shape index (κ1) is 89.6. The van der Waals surface area contributed by atoms with Gasteiger partial charge in [-0.05, 0) is 66.7 Å². The Hall–Kier alpha value is -19.2. The van der Waals surface area contributed by atoms with Crippen LogP contribution < -0.4 is 4.74 Å². The highest BCUT2D eigenvalue weighted by atomic mass is 16.8. The minimum absolute atomic E-state index is 0.0771. The van der Waals surface area contributed by atoms with Crippen molar-refractivity contribution in [2.24, 2.45) is 0 Å². The molecule has 52 heteroatoms. The van der Waals surface area contributed by atoms with Crippen molar-refractivity contribution in [2.45, 2.75) is 61.4 Å². The Bertz CT molecular complexity index is 6800. The third-order valence-electron chi connectivity index (χ3n) is 21.0. The number of rotatable bonds is 10. The summed E-state index contributed by atoms with van der Waals surface area (Å²) < 4.78 is 74.5. The molecule has 0 amide bonds. The zero-order valence-electron chi connectivity index (χ0n) is 65.6. The van der Waals surface area contributed by atoms with Crippen LogP contribution in [0, 0.1) is 0 Å². The van der Waals surface area contributed by atoms with Gasteiger partial charge in [-0.3, -0.25) is 0 Å². The lowest BCUT2D eigenvalue weighted by atomic mass is 9.91. The molecule has 10 aromatic rings. The van der Waals surface area contributed by atoms with Gasteiger partial charge in [0.05, 0.1) is 50.1 Å². The number of fused-ring (bicyclic) bond motifs is 13. The summed E-state index contributed by atoms with van der Waals surface area (Å²) in [5.74, 6) is -67.6. The summed E-state index contributed by atoms with van der Waals surface area (Å²) in [5.41, 5.74) is -20.7. The molecule has 52 nitrogen and oxygen atoms in total. The van der Waals surface area contributed by atoms with Gasteiger partial charge in [0.25, 0.3) is 0 Å². The van der Waals surface area contributed by atoms with Crippen LogP contribution in [0.2, 0.25) is 0 Å². The SMILES string of the molecule is O=C(O[C@H]1O[C@@H]2COC(=O)c3cc(Oc4c(C(=O)O[C@@H]5O[C@@H]6COC(=O)c7cc(O)c(O)c(O)c7-c7c(cc(O)c(O)c7O)C(=O)O[C@H]6[C@H](OC(=O)c6cc(O)c(O)c(O)c6)[C@H]5OC(=O)c5cc(O)c(O)c(O)c5)cc(O)c(O)c4O)c(O)c(O)c3-c3c(cc(O)c(O)c3O)C(=O)O[C@H]2[C@@H]2OC(=O)c3cc(O)c(O)c(O)c3-c3c(cc(O)c(O)c3O)C(=O)O[C@@H]12)c1cc(O)c(O)c(O)c1. The van der Waals surface area contributed by atoms with Crippen molar-refractivity contribution < 1.29 is 258 Å². The molecule has 2 saturated heterocycles. The Labute approximate surface area is 735 Å². The number of cyclic esters (lactones) is 2. The summed E-state index contributed by atoms with van der Waals surface area (Å²) in [4.78, 5) is 149. The largest absolute Gasteiger partial charge is 0.504 e. The van der Waals surface area contributed by atoms with Crippen molar-refractivity contribution in [2.75, 3.05) is 13.2 Å². The van der Waals surface area contributed by atoms with Gasteiger partial charge in [0.1, 0.15) is 31.0 Å². The molecule has 696 valence electrons. The number of carbonyl (C=O) groups is 10. The van der Waals surface area contributed by atoms with E-state index in [4.69, 9.17) is 61.6 Å². The molecule has 0 aromatic heterocycles. The normalized spacial score (nSPS) is 19.6. The van der Waals surface area contributed by atoms with E-state index in [-0.39, 0.29) is 30.3 Å². The van der Waals surface area contributed by atoms with Crippen LogP contribution in [0.4, 0.5) is 0 Å². The molecule has 0 aliphatic carbocycles. The lowest BCUT2D eigenvalue weighted by molar-refractivity contribution is -0.282. The molecule has 0 unspecified atom stereocenters. The number of phenolic OH excluding ortho intramolecular Hbond substituents is 29. The second-order valence-electron chi connectivity index (χ2n) is 29.0. The van der Waals surface area contributed by atoms with Gasteiger partial charge in [-0.25, -0.2) is 47.9 Å². The first-order valence-corrected chi connectivity index (χ1v) is 37.1. The second-order valence-corrected chi connectivity index (χ2v) is 29.0. The zero-order valence-corrected chi connectivity index (χ0v) is 65.6. The van der Waals surface area contributed by atoms with Gasteiger partial charge in [0, 0.05) is 45.5 Å². The van der Waals surface area contributed by atoms with E-state index in [1.54, 1.807) is 0 Å². The third kappa shape index (κ3) is 15.0. The van der Waals surface area contributed by atoms with Crippen LogP contribution in [0.5, 0.6) is 178 Å². The van der Waals surface area contributed by atoms with Gasteiger partial charge in [0.2, 0.25) is 70.8 Å². The fraction of sp³-hybridized carbons (Fsp3) is 0.146. The molecule has 0 spiro atoms. The van der Waals surface area contributed by atoms with Crippen LogP contribution in [0.1, 0.15) is 104 Å². The smallest absolute Gasteiger partial charge is 0.344 e. The molecule has 0 saturated carbocycles. The van der Waals surface area contributed by atoms with Crippen LogP contribution in [0.25, 0.3) is 33.4 Å². The summed E-state index contributed by atoms with van der Waals surface area (Å²) in [6.07, 6.45) is -28.4. The van der Waals surface area contributed by atoms with Crippen LogP contribution in [0.3, 0.4) is 0 Å². The molecular weight excluding hydrogens is 1820 g/mol. The molecule has 0 radical (unpaired) electrons. The highest BCUT2D eigenvalue weighted by molar-refractivity contribution is 6.12. The summed E-state index contributed by atoms with van der Waals surface area (Å²) >= 11 is 0. The Morgan fingerprint density at radius 3 is 0.888 bits per heavy atom. The summed E-state index contributed by atoms with van der Waals surface area (Å²) in [6.45, 7) is -3.26. The van der Waals surface area contributed by atoms with E-state index >= 15 is 24.0 Å². The van der Waals surface area contributed by atoms with E-state index < -0.39 is 402 Å². The standard InChI is InChI=1S/C82H56O52/c83-26-1-16(2-27(84)47(26)95)71(112)129-67-65-39(14-122-74(115)19-7-32(89)50(98)57(105)41(19)42-20(76(117)127-65)8-33(90)51(99)58(42)106)126-82(69(67)131-72(113)17-3-28(85)48(96)29(86)4-17)134-80(121)25-12-37(94)55(103)63(111)64(25)124-38-13-24-46(62(110)56(38)104)45-21(9-34(91)54(102)61(45)109)77(118)128-66-40(15-123-75(24)116)125-81(133-73(114)18-5-30(87)49(97)31(88)6-18)70-68(66)130-78(119)22-10-35(92)52(100)59(107)43(22)44-23(79(120)132-70)11-36(93)53(101)60(44)108/h1-13,39-40,65-70,81-111H,14-15H2/t39-,40-,65-,66-,67+,68+,69-,70-,81-,82+/m1/s1. The lowest BCUT2D eigenvalue weighted by Gasteiger charge is -2.44. The van der Waals surface area contributed by atoms with Crippen LogP contribution >= 0.6 is 0 Å². The molecule has 2 fully saturated rings. The molecule has 5 aliphatic rings. The van der Waals surface area contributed by atoms with Crippen molar-refractivity contribution >= 4 is 59.7 Å². The molecule has 10 atom stereocenters. The number of phenols is 29. The van der Waals surface area contributed by atoms with Crippen LogP contribution in [-0.4, -0.2) is 282 Å². The van der Waals surface area contributed by atoms with Gasteiger partial charge in [0.15, 0.2) is 157 Å². The highest BCUT2D eigenvalue weighted by Crippen LogP contribution is 2.60. The third-order valence-corrected chi connectivity index (χ3v) is 21.0. The average Bonchev–Trinajstić information content (AvgIpc) is 1.19. The number of aromatic hydroxyl groups is 29. The minimum atomic E-state index is -3.13. The van der Waals surface area contributed by atoms with Crippen molar-refractivity contribution in [3.8, 4) is 212 Å². The van der Waals surface area contributed by atoms with Crippen molar-refractivity contribution in [3.63, 3.8) is 0 Å². The minimum Gasteiger partial charge on any atom is -0.504 e. The first-order valence-electron chi connectivity index (χ1n) is 37.1. The summed E-state index contributed by atoms with van der Waals surface area (Å²) in [5, 5.41) is 319. The number of esters is 10. The van der Waals surface area contributed by atoms with Crippen LogP contribution in [-0.2, 0) is 56.8 Å². The van der Waals surface area contributed by atoms with E-state index in [1.807, 2.05) is 0 Å². The highest BCUT2D eigenvalue weighted by Gasteiger charge is 2.59. The first-order chi connectivity index (χ1) is 63.1. The van der Waals surface area contributed by atoms with Gasteiger partial charge < -0.3 is 210 Å². The van der Waals surface area contributed by atoms with Gasteiger partial charge in [-0.1, -0.05) is 0 Å². The fourth-order valence-corrected chi connectivity index (χ4v) is 14.5. The Kier molecular flexibility index (Phi) is 22.0. The molecule has 134 heavy (non-hydrogen) atoms. The number of carbonyl (C=O) groups excluding carboxylic acids is 10. The average molecular weight is 1870 g/mol. The number of hydrogen-bond donors (Lipinski definition) is 29. The predicted molar refractivity (Wildman–Crippen MR) is 414 cm³/mol. The Balaban J connectivity index is 0.858. The quantitative estimate of drug-likeness (QED) is 0.0527. The molecule has 15 rings (SSSR count). The van der Waals surface area contributed by atoms with Crippen LogP contribution in [0.15, 0.2) is 78.9 Å². The van der Waals surface area contributed by atoms with E-state index in [1.165, 1.54) is 0 Å². The van der Waals surface area contributed by atoms with Crippen molar-refractivity contribution in [1.82, 2.24) is 0 Å². The monoisotopic (exact) mass is 1870 g/mol. The molecular formula is C82H56O52. The predicted octanol–water partition coefficient (Wildman–Crippen LogP) is 3.71. The maximum absolute atomic E-state index is 15.5. The zero-order chi connectivity index (χ0) is 97.5. The van der Waals surface area contributed by atoms with E-state index in [0.29, 0.717) is 48.5 Å². The van der Waals surface area contributed by atoms with Gasteiger partial charge >= 0.3 is 59.7 Å². The molecule has 29 N–H and O–H groups in total. The van der Waals surface area contributed by atoms with Crippen molar-refractivity contribution in [1.29, 1.82) is 0 Å². The maximum Gasteiger partial charge on any atom is 0.344 e. The van der Waals surface area contributed by atoms with E-state index in [9.17, 15) is 172 Å². The van der Waals surface area contributed by atoms with Gasteiger partial charge in [-0.2, -0.15) is 0 Å². The molecule has 10 aromatic carbocycles. The topological polar surface area (TPSA) is 877 Å². The Morgan fingerprint density at radius 2 is 0.515 bits per heavy atom. The summed E-state index contributed by atoms with van der Waals surface area (Å²) in [7, 11) is 0. The summed E-state index contributed by atoms with van der Waals surface area (Å²) in [6, 6.07) is 3.90. The fourth-order valence-electron chi connectivity index (χ4n) is 14.5. The lowest BCUT2D eigenvalue weighted by Crippen LogP contribution is -2.63. The number of benzene rings is 10. The van der Waals surface area contributed by atoms with E-state index in [0.717, 1.165) is 0 Å². The molecule has 5 aliphatic heterocycles.